The van der Waals surface area contributed by atoms with E-state index < -0.39 is 0 Å². The molecule has 35 heavy (non-hydrogen) atoms. The van der Waals surface area contributed by atoms with Gasteiger partial charge in [-0.25, -0.2) is 9.78 Å². The number of aromatic nitrogens is 2. The Balaban J connectivity index is 1.42. The lowest BCUT2D eigenvalue weighted by Crippen LogP contribution is -2.45. The minimum atomic E-state index is -0.315. The Kier molecular flexibility index (Phi) is 5.43. The van der Waals surface area contributed by atoms with Crippen molar-refractivity contribution in [3.05, 3.63) is 65.3 Å². The summed E-state index contributed by atoms with van der Waals surface area (Å²) < 4.78 is 0. The first-order chi connectivity index (χ1) is 17.1. The van der Waals surface area contributed by atoms with Gasteiger partial charge >= 0.3 is 6.03 Å². The summed E-state index contributed by atoms with van der Waals surface area (Å²) in [7, 11) is 0. The summed E-state index contributed by atoms with van der Waals surface area (Å²) in [4.78, 5) is 38.6. The third kappa shape index (κ3) is 3.82. The second-order valence-corrected chi connectivity index (χ2v) is 9.82. The first-order valence-electron chi connectivity index (χ1n) is 11.7. The summed E-state index contributed by atoms with van der Waals surface area (Å²) in [6, 6.07) is 13.4. The Morgan fingerprint density at radius 3 is 2.83 bits per heavy atom. The smallest absolute Gasteiger partial charge is 0.331 e. The highest BCUT2D eigenvalue weighted by Gasteiger charge is 2.34. The molecule has 0 aliphatic carbocycles. The van der Waals surface area contributed by atoms with Gasteiger partial charge in [-0.15, -0.1) is 11.3 Å². The van der Waals surface area contributed by atoms with Crippen LogP contribution < -0.4 is 20.9 Å². The fourth-order valence-corrected chi connectivity index (χ4v) is 5.75. The molecular weight excluding hydrogens is 460 g/mol. The van der Waals surface area contributed by atoms with Crippen LogP contribution in [0.15, 0.2) is 54.9 Å². The van der Waals surface area contributed by atoms with Gasteiger partial charge in [0.1, 0.15) is 9.71 Å². The second kappa shape index (κ2) is 8.75. The van der Waals surface area contributed by atoms with Crippen molar-refractivity contribution in [2.75, 3.05) is 23.3 Å². The molecule has 4 aromatic rings. The number of nitrogens with zero attached hydrogens (tertiary/aromatic N) is 3. The fraction of sp³-hybridized carbons (Fsp3) is 0.231. The molecule has 3 aromatic heterocycles. The molecular formula is C26H24N6O2S. The molecule has 0 bridgehead atoms. The van der Waals surface area contributed by atoms with Gasteiger partial charge in [0.2, 0.25) is 0 Å². The van der Waals surface area contributed by atoms with Crippen LogP contribution in [0.3, 0.4) is 0 Å². The van der Waals surface area contributed by atoms with Crippen LogP contribution in [0.25, 0.3) is 21.5 Å². The van der Waals surface area contributed by atoms with Gasteiger partial charge in [0.15, 0.2) is 0 Å². The van der Waals surface area contributed by atoms with Gasteiger partial charge in [0.25, 0.3) is 5.91 Å². The van der Waals surface area contributed by atoms with Crippen molar-refractivity contribution < 1.29 is 9.59 Å². The first-order valence-corrected chi connectivity index (χ1v) is 12.5. The zero-order valence-electron chi connectivity index (χ0n) is 19.2. The number of hydrogen-bond donors (Lipinski definition) is 3. The van der Waals surface area contributed by atoms with Crippen molar-refractivity contribution in [1.29, 1.82) is 0 Å². The van der Waals surface area contributed by atoms with Crippen LogP contribution >= 0.6 is 11.3 Å². The average molecular weight is 485 g/mol. The quantitative estimate of drug-likeness (QED) is 0.385. The van der Waals surface area contributed by atoms with Crippen LogP contribution in [0, 0.1) is 6.92 Å². The predicted octanol–water partition coefficient (Wildman–Crippen LogP) is 4.83. The molecule has 1 fully saturated rings. The number of carbonyl (C=O) groups is 2. The van der Waals surface area contributed by atoms with Crippen molar-refractivity contribution in [3.63, 3.8) is 0 Å². The van der Waals surface area contributed by atoms with E-state index in [1.165, 1.54) is 11.3 Å². The molecule has 1 saturated heterocycles. The molecule has 0 radical (unpaired) electrons. The average Bonchev–Trinajstić information content (AvgIpc) is 3.26. The maximum atomic E-state index is 13.5. The molecule has 1 atom stereocenters. The molecule has 8 nitrogen and oxygen atoms in total. The summed E-state index contributed by atoms with van der Waals surface area (Å²) in [6.45, 7) is 3.66. The van der Waals surface area contributed by atoms with E-state index in [4.69, 9.17) is 0 Å². The largest absolute Gasteiger partial charge is 0.347 e. The third-order valence-electron chi connectivity index (χ3n) is 6.47. The Hall–Kier alpha value is -3.82. The number of urea groups is 1. The Labute approximate surface area is 206 Å². The number of hydrogen-bond acceptors (Lipinski definition) is 6. The van der Waals surface area contributed by atoms with Gasteiger partial charge in [-0.3, -0.25) is 14.7 Å². The molecule has 176 valence electrons. The number of anilines is 3. The molecule has 0 saturated carbocycles. The van der Waals surface area contributed by atoms with E-state index in [1.54, 1.807) is 17.3 Å². The Morgan fingerprint density at radius 2 is 2.03 bits per heavy atom. The summed E-state index contributed by atoms with van der Waals surface area (Å²) in [5.41, 5.74) is 4.59. The molecule has 2 aliphatic rings. The lowest BCUT2D eigenvalue weighted by molar-refractivity contribution is 0.0935. The highest BCUT2D eigenvalue weighted by Crippen LogP contribution is 2.46. The zero-order chi connectivity index (χ0) is 23.9. The monoisotopic (exact) mass is 484 g/mol. The summed E-state index contributed by atoms with van der Waals surface area (Å²) >= 11 is 1.31. The van der Waals surface area contributed by atoms with Crippen LogP contribution in [-0.2, 0) is 0 Å². The van der Waals surface area contributed by atoms with Crippen LogP contribution in [0.4, 0.5) is 21.9 Å². The van der Waals surface area contributed by atoms with Crippen LogP contribution in [0.5, 0.6) is 0 Å². The highest BCUT2D eigenvalue weighted by molar-refractivity contribution is 7.21. The Morgan fingerprint density at radius 1 is 1.17 bits per heavy atom. The van der Waals surface area contributed by atoms with Gasteiger partial charge in [-0.1, -0.05) is 30.3 Å². The van der Waals surface area contributed by atoms with Crippen molar-refractivity contribution in [3.8, 4) is 11.3 Å². The normalized spacial score (nSPS) is 17.3. The van der Waals surface area contributed by atoms with E-state index in [-0.39, 0.29) is 18.0 Å². The standard InChI is InChI=1S/C26H24N6O2S/c1-15-13-29-18(16-6-3-2-4-7-16)12-20(15)32-19-9-11-28-25-21(19)22(31-26(32)34)23(35-25)24(33)30-17-8-5-10-27-14-17/h2-4,6-7,9,11-13,17,27H,5,8,10,14H2,1H3,(H,30,33)(H,31,34)/t17-/m1/s1. The lowest BCUT2D eigenvalue weighted by Gasteiger charge is -2.30. The molecule has 1 aromatic carbocycles. The van der Waals surface area contributed by atoms with Crippen LogP contribution in [0.1, 0.15) is 28.1 Å². The topological polar surface area (TPSA) is 99.2 Å². The number of piperidine rings is 1. The van der Waals surface area contributed by atoms with Crippen molar-refractivity contribution in [2.24, 2.45) is 0 Å². The van der Waals surface area contributed by atoms with E-state index in [9.17, 15) is 9.59 Å². The number of benzene rings is 1. The molecule has 3 amide bonds. The number of pyridine rings is 2. The van der Waals surface area contributed by atoms with E-state index >= 15 is 0 Å². The summed E-state index contributed by atoms with van der Waals surface area (Å²) in [5, 5.41) is 10.2. The van der Waals surface area contributed by atoms with Crippen molar-refractivity contribution >= 4 is 50.6 Å². The van der Waals surface area contributed by atoms with Gasteiger partial charge in [-0.05, 0) is 44.0 Å². The maximum Gasteiger partial charge on any atom is 0.331 e. The Bertz CT molecular complexity index is 1450. The van der Waals surface area contributed by atoms with E-state index in [0.717, 1.165) is 53.8 Å². The van der Waals surface area contributed by atoms with E-state index in [1.807, 2.05) is 49.4 Å². The molecule has 0 spiro atoms. The minimum Gasteiger partial charge on any atom is -0.347 e. The SMILES string of the molecule is Cc1cnc(-c2ccccc2)cc1N1C(=O)Nc2c(C(=O)N[C@@H]3CCCNC3)sc3nccc1c23. The number of amides is 3. The van der Waals surface area contributed by atoms with Crippen molar-refractivity contribution in [2.45, 2.75) is 25.8 Å². The number of thiophene rings is 1. The highest BCUT2D eigenvalue weighted by atomic mass is 32.1. The molecule has 6 rings (SSSR count). The maximum absolute atomic E-state index is 13.5. The third-order valence-corrected chi connectivity index (χ3v) is 7.57. The predicted molar refractivity (Wildman–Crippen MR) is 139 cm³/mol. The van der Waals surface area contributed by atoms with Crippen LogP contribution in [-0.4, -0.2) is 41.0 Å². The molecule has 0 unspecified atom stereocenters. The van der Waals surface area contributed by atoms with Crippen molar-refractivity contribution in [1.82, 2.24) is 20.6 Å². The minimum absolute atomic E-state index is 0.0766. The number of rotatable bonds is 4. The van der Waals surface area contributed by atoms with E-state index in [0.29, 0.717) is 21.1 Å². The fourth-order valence-electron chi connectivity index (χ4n) is 4.73. The number of carbonyl (C=O) groups excluding carboxylic acids is 2. The number of aryl methyl sites for hydroxylation is 1. The number of nitrogens with one attached hydrogen (secondary N) is 3. The summed E-state index contributed by atoms with van der Waals surface area (Å²) in [6.07, 6.45) is 5.43. The molecule has 2 aliphatic heterocycles. The van der Waals surface area contributed by atoms with Gasteiger partial charge < -0.3 is 16.0 Å². The first kappa shape index (κ1) is 21.7. The van der Waals surface area contributed by atoms with E-state index in [2.05, 4.69) is 25.9 Å². The molecule has 3 N–H and O–H groups in total. The van der Waals surface area contributed by atoms with Gasteiger partial charge in [0.05, 0.1) is 28.1 Å². The molecule has 9 heteroatoms. The lowest BCUT2D eigenvalue weighted by atomic mass is 10.1. The second-order valence-electron chi connectivity index (χ2n) is 8.82. The van der Waals surface area contributed by atoms with Crippen LogP contribution in [0.2, 0.25) is 0 Å². The van der Waals surface area contributed by atoms with Gasteiger partial charge in [-0.2, -0.15) is 0 Å². The summed E-state index contributed by atoms with van der Waals surface area (Å²) in [5.74, 6) is -0.178. The van der Waals surface area contributed by atoms with Gasteiger partial charge in [0, 0.05) is 30.5 Å². The molecule has 5 heterocycles. The zero-order valence-corrected chi connectivity index (χ0v) is 20.0.